The number of hydrogen-bond acceptors (Lipinski definition) is 6. The van der Waals surface area contributed by atoms with Crippen molar-refractivity contribution < 1.29 is 0 Å². The van der Waals surface area contributed by atoms with Crippen molar-refractivity contribution in [3.8, 4) is 0 Å². The minimum Gasteiger partial charge on any atom is -0.369 e. The van der Waals surface area contributed by atoms with Crippen LogP contribution in [-0.4, -0.2) is 39.0 Å². The first-order valence-electron chi connectivity index (χ1n) is 4.41. The van der Waals surface area contributed by atoms with Gasteiger partial charge in [-0.1, -0.05) is 10.3 Å². The molecule has 0 aliphatic rings. The zero-order chi connectivity index (χ0) is 11.7. The molecule has 2 aromatic heterocycles. The third-order valence-corrected chi connectivity index (χ3v) is 1.69. The molecule has 84 valence electrons. The monoisotopic (exact) mass is 222 g/mol. The molecule has 2 aromatic rings. The molecule has 0 saturated heterocycles. The van der Waals surface area contributed by atoms with Gasteiger partial charge in [-0.25, -0.2) is 0 Å². The number of imidazole rings is 1. The first-order chi connectivity index (χ1) is 7.56. The third kappa shape index (κ3) is 1.82. The molecule has 2 rings (SSSR count). The molecule has 0 atom stereocenters. The van der Waals surface area contributed by atoms with Crippen LogP contribution in [0.2, 0.25) is 0 Å². The van der Waals surface area contributed by atoms with Crippen molar-refractivity contribution in [3.05, 3.63) is 10.4 Å². The van der Waals surface area contributed by atoms with Gasteiger partial charge in [-0.3, -0.25) is 14.8 Å². The van der Waals surface area contributed by atoms with E-state index in [0.29, 0.717) is 0 Å². The fourth-order valence-electron chi connectivity index (χ4n) is 1.09. The van der Waals surface area contributed by atoms with Crippen molar-refractivity contribution in [2.75, 3.05) is 19.8 Å². The second kappa shape index (κ2) is 3.61. The third-order valence-electron chi connectivity index (χ3n) is 1.69. The molecular formula is C7H10N8O. The molecule has 0 bridgehead atoms. The minimum atomic E-state index is -0.388. The van der Waals surface area contributed by atoms with E-state index in [2.05, 4.69) is 30.3 Å². The number of nitrogens with zero attached hydrogens (tertiary/aromatic N) is 5. The summed E-state index contributed by atoms with van der Waals surface area (Å²) in [7, 11) is 3.43. The van der Waals surface area contributed by atoms with Gasteiger partial charge in [0.15, 0.2) is 11.2 Å². The lowest BCUT2D eigenvalue weighted by Crippen LogP contribution is -2.10. The predicted molar refractivity (Wildman–Crippen MR) is 57.1 cm³/mol. The number of nitrogens with two attached hydrogens (primary N) is 1. The van der Waals surface area contributed by atoms with Crippen LogP contribution in [0.3, 0.4) is 0 Å². The molecule has 0 amide bonds. The molecule has 0 fully saturated rings. The van der Waals surface area contributed by atoms with E-state index in [4.69, 9.17) is 5.73 Å². The van der Waals surface area contributed by atoms with Gasteiger partial charge in [0.1, 0.15) is 0 Å². The number of H-pyrrole nitrogens is 2. The molecule has 0 radical (unpaired) electrons. The summed E-state index contributed by atoms with van der Waals surface area (Å²) in [6.45, 7) is 0. The zero-order valence-electron chi connectivity index (χ0n) is 8.72. The van der Waals surface area contributed by atoms with Gasteiger partial charge in [0, 0.05) is 14.1 Å². The molecular weight excluding hydrogens is 212 g/mol. The Morgan fingerprint density at radius 3 is 2.75 bits per heavy atom. The molecule has 0 saturated carbocycles. The number of hydrogen-bond donors (Lipinski definition) is 3. The highest BCUT2D eigenvalue weighted by Crippen LogP contribution is 2.11. The van der Waals surface area contributed by atoms with Crippen LogP contribution < -0.4 is 11.3 Å². The van der Waals surface area contributed by atoms with Crippen LogP contribution in [0.4, 0.5) is 11.9 Å². The second-order valence-corrected chi connectivity index (χ2v) is 3.25. The van der Waals surface area contributed by atoms with E-state index in [1.165, 1.54) is 5.01 Å². The Labute approximate surface area is 89.4 Å². The summed E-state index contributed by atoms with van der Waals surface area (Å²) in [6.07, 6.45) is 0. The number of aromatic nitrogens is 4. The average Bonchev–Trinajstić information content (AvgIpc) is 2.57. The van der Waals surface area contributed by atoms with Gasteiger partial charge < -0.3 is 10.7 Å². The number of nitrogen functional groups attached to an aromatic ring is 1. The highest BCUT2D eigenvalue weighted by atomic mass is 16.1. The summed E-state index contributed by atoms with van der Waals surface area (Å²) in [5.41, 5.74) is 5.43. The molecule has 0 aliphatic carbocycles. The smallest absolute Gasteiger partial charge is 0.278 e. The van der Waals surface area contributed by atoms with Gasteiger partial charge >= 0.3 is 0 Å². The zero-order valence-corrected chi connectivity index (χ0v) is 8.72. The topological polar surface area (TPSA) is 128 Å². The molecule has 0 spiro atoms. The van der Waals surface area contributed by atoms with E-state index < -0.39 is 0 Å². The summed E-state index contributed by atoms with van der Waals surface area (Å²) in [5.74, 6) is 0.215. The first kappa shape index (κ1) is 10.1. The number of anilines is 1. The molecule has 0 unspecified atom stereocenters. The lowest BCUT2D eigenvalue weighted by Gasteiger charge is -1.97. The van der Waals surface area contributed by atoms with E-state index in [-0.39, 0.29) is 28.6 Å². The lowest BCUT2D eigenvalue weighted by atomic mass is 10.5. The van der Waals surface area contributed by atoms with Gasteiger partial charge in [-0.05, 0) is 0 Å². The van der Waals surface area contributed by atoms with Crippen molar-refractivity contribution in [3.63, 3.8) is 0 Å². The van der Waals surface area contributed by atoms with E-state index in [1.54, 1.807) is 14.1 Å². The van der Waals surface area contributed by atoms with E-state index in [0.717, 1.165) is 0 Å². The van der Waals surface area contributed by atoms with Gasteiger partial charge in [0.2, 0.25) is 5.95 Å². The van der Waals surface area contributed by atoms with Crippen LogP contribution in [-0.2, 0) is 0 Å². The highest BCUT2D eigenvalue weighted by Gasteiger charge is 2.07. The van der Waals surface area contributed by atoms with Gasteiger partial charge in [0.05, 0.1) is 0 Å². The standard InChI is InChI=1S/C7H10N8O/c1-15(2)14-13-7-9-3-4(11-7)10-6(8)12-5(3)16/h1-2H3,(H4,8,9,10,11,12,16)/b14-13+. The van der Waals surface area contributed by atoms with Gasteiger partial charge in [-0.2, -0.15) is 9.97 Å². The SMILES string of the molecule is CN(C)/N=N/c1nc2nc(N)[nH]c(=O)c2[nH]1. The number of nitrogens with one attached hydrogen (secondary N) is 2. The fraction of sp³-hybridized carbons (Fsp3) is 0.286. The summed E-state index contributed by atoms with van der Waals surface area (Å²) in [4.78, 5) is 24.3. The van der Waals surface area contributed by atoms with Crippen LogP contribution in [0.5, 0.6) is 0 Å². The number of rotatable bonds is 2. The Balaban J connectivity index is 2.52. The maximum absolute atomic E-state index is 11.4. The largest absolute Gasteiger partial charge is 0.369 e. The second-order valence-electron chi connectivity index (χ2n) is 3.25. The van der Waals surface area contributed by atoms with Crippen LogP contribution in [0.15, 0.2) is 15.1 Å². The predicted octanol–water partition coefficient (Wildman–Crippen LogP) is -0.211. The van der Waals surface area contributed by atoms with Crippen LogP contribution >= 0.6 is 0 Å². The van der Waals surface area contributed by atoms with Crippen molar-refractivity contribution in [2.24, 2.45) is 10.3 Å². The molecule has 0 aromatic carbocycles. The van der Waals surface area contributed by atoms with Crippen LogP contribution in [0.1, 0.15) is 0 Å². The molecule has 9 nitrogen and oxygen atoms in total. The molecule has 16 heavy (non-hydrogen) atoms. The Morgan fingerprint density at radius 1 is 1.31 bits per heavy atom. The summed E-state index contributed by atoms with van der Waals surface area (Å²) in [6, 6.07) is 0. The Kier molecular flexibility index (Phi) is 2.27. The van der Waals surface area contributed by atoms with Gasteiger partial charge in [0.25, 0.3) is 11.5 Å². The molecule has 2 heterocycles. The Morgan fingerprint density at radius 2 is 2.06 bits per heavy atom. The van der Waals surface area contributed by atoms with Crippen molar-refractivity contribution in [1.29, 1.82) is 0 Å². The maximum Gasteiger partial charge on any atom is 0.278 e. The average molecular weight is 222 g/mol. The normalized spacial score (nSPS) is 11.4. The quantitative estimate of drug-likeness (QED) is 0.478. The van der Waals surface area contributed by atoms with Crippen LogP contribution in [0, 0.1) is 0 Å². The molecule has 9 heteroatoms. The van der Waals surface area contributed by atoms with E-state index >= 15 is 0 Å². The minimum absolute atomic E-state index is 0.0140. The van der Waals surface area contributed by atoms with Crippen molar-refractivity contribution >= 4 is 23.1 Å². The molecule has 0 aliphatic heterocycles. The number of aromatic amines is 2. The summed E-state index contributed by atoms with van der Waals surface area (Å²) < 4.78 is 0. The fourth-order valence-corrected chi connectivity index (χ4v) is 1.09. The van der Waals surface area contributed by atoms with E-state index in [1.807, 2.05) is 0 Å². The van der Waals surface area contributed by atoms with Gasteiger partial charge in [-0.15, -0.1) is 0 Å². The Hall–Kier alpha value is -2.45. The summed E-state index contributed by atoms with van der Waals surface area (Å²) in [5, 5.41) is 9.00. The number of fused-ring (bicyclic) bond motifs is 1. The van der Waals surface area contributed by atoms with Crippen LogP contribution in [0.25, 0.3) is 11.2 Å². The maximum atomic E-state index is 11.4. The Bertz CT molecular complexity index is 594. The first-order valence-corrected chi connectivity index (χ1v) is 4.41. The summed E-state index contributed by atoms with van der Waals surface area (Å²) >= 11 is 0. The van der Waals surface area contributed by atoms with Crippen molar-refractivity contribution in [2.45, 2.75) is 0 Å². The van der Waals surface area contributed by atoms with E-state index in [9.17, 15) is 4.79 Å². The highest BCUT2D eigenvalue weighted by molar-refractivity contribution is 5.72. The lowest BCUT2D eigenvalue weighted by molar-refractivity contribution is 0.407. The van der Waals surface area contributed by atoms with Crippen molar-refractivity contribution in [1.82, 2.24) is 24.9 Å². The molecule has 4 N–H and O–H groups in total.